The molecule has 1 fully saturated rings. The van der Waals surface area contributed by atoms with E-state index in [1.807, 2.05) is 43.3 Å². The first-order valence-electron chi connectivity index (χ1n) is 11.2. The largest absolute Gasteiger partial charge is 0.493 e. The average Bonchev–Trinajstić information content (AvgIpc) is 3.14. The van der Waals surface area contributed by atoms with Gasteiger partial charge < -0.3 is 24.0 Å². The molecular weight excluding hydrogens is 438 g/mol. The van der Waals surface area contributed by atoms with Gasteiger partial charge in [0, 0.05) is 24.1 Å². The second-order valence-corrected chi connectivity index (χ2v) is 8.61. The van der Waals surface area contributed by atoms with E-state index in [2.05, 4.69) is 5.32 Å². The maximum atomic E-state index is 13.0. The molecule has 2 aliphatic rings. The van der Waals surface area contributed by atoms with Crippen LogP contribution >= 0.6 is 0 Å². The highest BCUT2D eigenvalue weighted by Gasteiger charge is 2.40. The van der Waals surface area contributed by atoms with Gasteiger partial charge in [0.2, 0.25) is 11.8 Å². The Bertz CT molecular complexity index is 1100. The Labute approximate surface area is 198 Å². The van der Waals surface area contributed by atoms with Crippen molar-refractivity contribution in [2.45, 2.75) is 32.0 Å². The van der Waals surface area contributed by atoms with E-state index >= 15 is 0 Å². The molecule has 0 aliphatic carbocycles. The van der Waals surface area contributed by atoms with Gasteiger partial charge >= 0.3 is 0 Å². The van der Waals surface area contributed by atoms with Crippen LogP contribution in [0.5, 0.6) is 17.2 Å². The fraction of sp³-hybridized carbons (Fsp3) is 0.400. The predicted octanol–water partition coefficient (Wildman–Crippen LogP) is 1.98. The zero-order valence-corrected chi connectivity index (χ0v) is 19.6. The van der Waals surface area contributed by atoms with Crippen molar-refractivity contribution in [3.8, 4) is 17.2 Å². The van der Waals surface area contributed by atoms with E-state index in [0.29, 0.717) is 35.8 Å². The van der Waals surface area contributed by atoms with Crippen LogP contribution in [-0.2, 0) is 22.7 Å². The van der Waals surface area contributed by atoms with Gasteiger partial charge in [0.15, 0.2) is 11.5 Å². The maximum absolute atomic E-state index is 13.0. The summed E-state index contributed by atoms with van der Waals surface area (Å²) in [6.45, 7) is 1.84. The quantitative estimate of drug-likeness (QED) is 0.563. The van der Waals surface area contributed by atoms with E-state index in [1.54, 1.807) is 19.2 Å². The topological polar surface area (TPSA) is 97.4 Å². The molecule has 2 aliphatic heterocycles. The smallest absolute Gasteiger partial charge is 0.255 e. The Hall–Kier alpha value is -3.59. The van der Waals surface area contributed by atoms with Gasteiger partial charge in [-0.2, -0.15) is 0 Å². The fourth-order valence-corrected chi connectivity index (χ4v) is 4.12. The number of nitrogens with zero attached hydrogens (tertiary/aromatic N) is 2. The molecular formula is C25H29N3O6. The number of piperidine rings is 1. The van der Waals surface area contributed by atoms with Crippen molar-refractivity contribution in [1.29, 1.82) is 0 Å². The van der Waals surface area contributed by atoms with Gasteiger partial charge in [0.25, 0.3) is 5.91 Å². The Morgan fingerprint density at radius 3 is 2.62 bits per heavy atom. The summed E-state index contributed by atoms with van der Waals surface area (Å²) < 4.78 is 17.4. The number of hydrogen-bond donors (Lipinski definition) is 1. The van der Waals surface area contributed by atoms with Crippen LogP contribution in [0, 0.1) is 0 Å². The number of methoxy groups -OCH3 is 1. The van der Waals surface area contributed by atoms with Crippen molar-refractivity contribution in [2.75, 3.05) is 34.4 Å². The summed E-state index contributed by atoms with van der Waals surface area (Å²) in [4.78, 5) is 40.3. The number of benzene rings is 2. The summed E-state index contributed by atoms with van der Waals surface area (Å²) in [6.07, 6.45) is 0.541. The summed E-state index contributed by atoms with van der Waals surface area (Å²) >= 11 is 0. The first-order valence-corrected chi connectivity index (χ1v) is 11.2. The van der Waals surface area contributed by atoms with Crippen LogP contribution in [0.15, 0.2) is 36.4 Å². The highest BCUT2D eigenvalue weighted by Crippen LogP contribution is 2.34. The number of nitrogens with one attached hydrogen (secondary N) is 1. The van der Waals surface area contributed by atoms with E-state index in [-0.39, 0.29) is 31.4 Å². The highest BCUT2D eigenvalue weighted by atomic mass is 16.5. The second-order valence-electron chi connectivity index (χ2n) is 8.61. The fourth-order valence-electron chi connectivity index (χ4n) is 4.12. The molecule has 0 aromatic heterocycles. The predicted molar refractivity (Wildman–Crippen MR) is 124 cm³/mol. The highest BCUT2D eigenvalue weighted by molar-refractivity contribution is 6.05. The third-order valence-corrected chi connectivity index (χ3v) is 5.96. The monoisotopic (exact) mass is 467 g/mol. The molecule has 0 radical (unpaired) electrons. The number of carbonyl (C=O) groups excluding carboxylic acids is 3. The standard InChI is InChI=1S/C25H29N3O6/c1-27(2)11-12-33-22-13-16(7-9-21(22)32-3)15-34-20-6-4-5-17-18(20)14-28(25(17)31)19-8-10-23(29)26-24(19)30/h4-7,9,13,19H,8,10-12,14-15H2,1-3H3,(H,26,29,30). The number of ether oxygens (including phenoxy) is 3. The van der Waals surface area contributed by atoms with Crippen LogP contribution < -0.4 is 19.5 Å². The van der Waals surface area contributed by atoms with Gasteiger partial charge in [-0.05, 0) is 50.3 Å². The van der Waals surface area contributed by atoms with E-state index in [1.165, 1.54) is 4.90 Å². The lowest BCUT2D eigenvalue weighted by atomic mass is 10.0. The minimum Gasteiger partial charge on any atom is -0.493 e. The van der Waals surface area contributed by atoms with Gasteiger partial charge in [-0.3, -0.25) is 19.7 Å². The Morgan fingerprint density at radius 1 is 1.06 bits per heavy atom. The molecule has 1 N–H and O–H groups in total. The van der Waals surface area contributed by atoms with Crippen LogP contribution in [0.3, 0.4) is 0 Å². The average molecular weight is 468 g/mol. The molecule has 2 aromatic carbocycles. The van der Waals surface area contributed by atoms with Crippen molar-refractivity contribution in [2.24, 2.45) is 0 Å². The zero-order valence-electron chi connectivity index (χ0n) is 19.6. The summed E-state index contributed by atoms with van der Waals surface area (Å²) in [5, 5.41) is 2.32. The lowest BCUT2D eigenvalue weighted by molar-refractivity contribution is -0.136. The molecule has 0 bridgehead atoms. The van der Waals surface area contributed by atoms with Crippen LogP contribution in [0.25, 0.3) is 0 Å². The normalized spacial score (nSPS) is 17.6. The summed E-state index contributed by atoms with van der Waals surface area (Å²) in [5.41, 5.74) is 2.16. The van der Waals surface area contributed by atoms with Crippen LogP contribution in [0.1, 0.15) is 34.3 Å². The maximum Gasteiger partial charge on any atom is 0.255 e. The lowest BCUT2D eigenvalue weighted by Crippen LogP contribution is -2.52. The van der Waals surface area contributed by atoms with Gasteiger partial charge in [0.05, 0.1) is 13.7 Å². The Balaban J connectivity index is 1.46. The molecule has 4 rings (SSSR count). The molecule has 1 unspecified atom stereocenters. The van der Waals surface area contributed by atoms with Crippen molar-refractivity contribution < 1.29 is 28.6 Å². The van der Waals surface area contributed by atoms with Crippen molar-refractivity contribution in [3.63, 3.8) is 0 Å². The lowest BCUT2D eigenvalue weighted by Gasteiger charge is -2.29. The van der Waals surface area contributed by atoms with Crippen LogP contribution in [0.4, 0.5) is 0 Å². The van der Waals surface area contributed by atoms with Crippen LogP contribution in [0.2, 0.25) is 0 Å². The molecule has 9 nitrogen and oxygen atoms in total. The van der Waals surface area contributed by atoms with Gasteiger partial charge in [0.1, 0.15) is 25.0 Å². The Morgan fingerprint density at radius 2 is 1.88 bits per heavy atom. The third-order valence-electron chi connectivity index (χ3n) is 5.96. The number of hydrogen-bond acceptors (Lipinski definition) is 7. The molecule has 2 aromatic rings. The van der Waals surface area contributed by atoms with Crippen LogP contribution in [-0.4, -0.2) is 67.9 Å². The summed E-state index contributed by atoms with van der Waals surface area (Å²) in [7, 11) is 5.56. The third kappa shape index (κ3) is 4.99. The number of amides is 3. The Kier molecular flexibility index (Phi) is 7.02. The number of carbonyl (C=O) groups is 3. The van der Waals surface area contributed by atoms with Crippen molar-refractivity contribution >= 4 is 17.7 Å². The van der Waals surface area contributed by atoms with E-state index in [0.717, 1.165) is 17.7 Å². The molecule has 1 atom stereocenters. The van der Waals surface area contributed by atoms with E-state index in [4.69, 9.17) is 14.2 Å². The van der Waals surface area contributed by atoms with Gasteiger partial charge in [-0.15, -0.1) is 0 Å². The molecule has 34 heavy (non-hydrogen) atoms. The van der Waals surface area contributed by atoms with E-state index < -0.39 is 11.9 Å². The van der Waals surface area contributed by atoms with Crippen molar-refractivity contribution in [3.05, 3.63) is 53.1 Å². The van der Waals surface area contributed by atoms with Crippen molar-refractivity contribution in [1.82, 2.24) is 15.1 Å². The molecule has 3 amide bonds. The molecule has 1 saturated heterocycles. The van der Waals surface area contributed by atoms with E-state index in [9.17, 15) is 14.4 Å². The first-order chi connectivity index (χ1) is 16.4. The molecule has 0 saturated carbocycles. The minimum absolute atomic E-state index is 0.219. The summed E-state index contributed by atoms with van der Waals surface area (Å²) in [6, 6.07) is 10.3. The molecule has 2 heterocycles. The van der Waals surface area contributed by atoms with Gasteiger partial charge in [-0.25, -0.2) is 0 Å². The zero-order chi connectivity index (χ0) is 24.2. The summed E-state index contributed by atoms with van der Waals surface area (Å²) in [5.74, 6) is 0.915. The number of likely N-dealkylation sites (N-methyl/N-ethyl adjacent to an activating group) is 1. The van der Waals surface area contributed by atoms with Gasteiger partial charge in [-0.1, -0.05) is 12.1 Å². The minimum atomic E-state index is -0.658. The number of fused-ring (bicyclic) bond motifs is 1. The molecule has 9 heteroatoms. The molecule has 0 spiro atoms. The SMILES string of the molecule is COc1ccc(COc2cccc3c2CN(C2CCC(=O)NC2=O)C3=O)cc1OCCN(C)C. The first kappa shape index (κ1) is 23.6. The second kappa shape index (κ2) is 10.1. The number of rotatable bonds is 9. The molecule has 180 valence electrons. The number of imide groups is 1.